The van der Waals surface area contributed by atoms with Crippen molar-refractivity contribution < 1.29 is 4.52 Å². The molecule has 0 saturated carbocycles. The van der Waals surface area contributed by atoms with Crippen LogP contribution in [0.2, 0.25) is 0 Å². The summed E-state index contributed by atoms with van der Waals surface area (Å²) in [7, 11) is 0. The van der Waals surface area contributed by atoms with Gasteiger partial charge in [0.05, 0.1) is 0 Å². The summed E-state index contributed by atoms with van der Waals surface area (Å²) in [6, 6.07) is 62.2. The molecule has 0 bridgehead atoms. The second-order valence-corrected chi connectivity index (χ2v) is 15.9. The van der Waals surface area contributed by atoms with Crippen molar-refractivity contribution >= 4 is 60.4 Å². The van der Waals surface area contributed by atoms with Gasteiger partial charge in [-0.15, -0.1) is 0 Å². The molecule has 1 aliphatic rings. The predicted octanol–water partition coefficient (Wildman–Crippen LogP) is 8.77. The van der Waals surface area contributed by atoms with Crippen molar-refractivity contribution in [1.29, 1.82) is 0 Å². The Hall–Kier alpha value is -4.81. The van der Waals surface area contributed by atoms with Gasteiger partial charge in [0.2, 0.25) is 0 Å². The van der Waals surface area contributed by atoms with Crippen LogP contribution in [0, 0.1) is 0 Å². The van der Waals surface area contributed by atoms with Crippen molar-refractivity contribution in [2.24, 2.45) is 0 Å². The molecule has 1 aliphatic heterocycles. The van der Waals surface area contributed by atoms with Crippen LogP contribution in [-0.4, -0.2) is 0 Å². The molecule has 0 saturated heterocycles. The van der Waals surface area contributed by atoms with Gasteiger partial charge in [-0.25, -0.2) is 0 Å². The quantitative estimate of drug-likeness (QED) is 0.152. The monoisotopic (exact) mass is 568 g/mol. The zero-order chi connectivity index (χ0) is 28.5. The Bertz CT molecular complexity index is 2180. The van der Waals surface area contributed by atoms with Crippen molar-refractivity contribution in [1.82, 2.24) is 0 Å². The molecule has 0 N–H and O–H groups in total. The first kappa shape index (κ1) is 24.8. The minimum absolute atomic E-state index is 0.260. The van der Waals surface area contributed by atoms with Crippen LogP contribution in [0.1, 0.15) is 17.2 Å². The van der Waals surface area contributed by atoms with E-state index in [0.717, 1.165) is 0 Å². The SMILES string of the molecule is c1ccc(P2(c3ccccc3)(c3ccccc3)O[C@@H](c3cc4cccc5ccc6cccc3c6c54)c3ccccc32)cc1. The zero-order valence-electron chi connectivity index (χ0n) is 23.6. The summed E-state index contributed by atoms with van der Waals surface area (Å²) in [5.41, 5.74) is 2.46. The fourth-order valence-electron chi connectivity index (χ4n) is 7.84. The van der Waals surface area contributed by atoms with Crippen molar-refractivity contribution in [2.75, 3.05) is 0 Å². The van der Waals surface area contributed by atoms with E-state index in [0.29, 0.717) is 0 Å². The average Bonchev–Trinajstić information content (AvgIpc) is 3.42. The van der Waals surface area contributed by atoms with E-state index in [-0.39, 0.29) is 6.10 Å². The van der Waals surface area contributed by atoms with E-state index in [1.807, 2.05) is 0 Å². The second-order valence-electron chi connectivity index (χ2n) is 11.6. The van der Waals surface area contributed by atoms with Crippen molar-refractivity contribution in [3.8, 4) is 0 Å². The maximum atomic E-state index is 8.11. The van der Waals surface area contributed by atoms with Gasteiger partial charge < -0.3 is 0 Å². The van der Waals surface area contributed by atoms with Crippen LogP contribution in [0.15, 0.2) is 170 Å². The number of rotatable bonds is 4. The molecule has 8 aromatic carbocycles. The first-order valence-electron chi connectivity index (χ1n) is 14.9. The number of hydrogen-bond donors (Lipinski definition) is 0. The molecule has 9 rings (SSSR count). The molecule has 0 radical (unpaired) electrons. The molecule has 0 spiro atoms. The summed E-state index contributed by atoms with van der Waals surface area (Å²) in [4.78, 5) is 0. The molecular weight excluding hydrogens is 539 g/mol. The summed E-state index contributed by atoms with van der Waals surface area (Å²) in [5, 5.41) is 12.6. The Labute approximate surface area is 251 Å². The van der Waals surface area contributed by atoms with Crippen LogP contribution in [0.5, 0.6) is 0 Å². The third-order valence-electron chi connectivity index (χ3n) is 9.56. The molecule has 0 fully saturated rings. The molecular formula is C41H29OP. The third-order valence-corrected chi connectivity index (χ3v) is 15.4. The Morgan fingerprint density at radius 1 is 0.395 bits per heavy atom. The summed E-state index contributed by atoms with van der Waals surface area (Å²) in [5.74, 6) is 0. The summed E-state index contributed by atoms with van der Waals surface area (Å²) in [6.45, 7) is -3.69. The van der Waals surface area contributed by atoms with Gasteiger partial charge in [0.25, 0.3) is 0 Å². The van der Waals surface area contributed by atoms with E-state index in [4.69, 9.17) is 4.52 Å². The van der Waals surface area contributed by atoms with E-state index in [9.17, 15) is 0 Å². The molecule has 1 nitrogen and oxygen atoms in total. The average molecular weight is 569 g/mol. The Balaban J connectivity index is 1.46. The first-order valence-corrected chi connectivity index (χ1v) is 17.1. The van der Waals surface area contributed by atoms with E-state index in [1.54, 1.807) is 0 Å². The normalized spacial score (nSPS) is 18.0. The molecule has 0 unspecified atom stereocenters. The number of fused-ring (bicyclic) bond motifs is 1. The fourth-order valence-corrected chi connectivity index (χ4v) is 14.0. The van der Waals surface area contributed by atoms with E-state index >= 15 is 0 Å². The summed E-state index contributed by atoms with van der Waals surface area (Å²) < 4.78 is 8.11. The third kappa shape index (κ3) is 3.14. The molecule has 1 atom stereocenters. The molecule has 0 aliphatic carbocycles. The van der Waals surface area contributed by atoms with Crippen molar-refractivity contribution in [3.05, 3.63) is 181 Å². The predicted molar refractivity (Wildman–Crippen MR) is 184 cm³/mol. The molecule has 8 aromatic rings. The van der Waals surface area contributed by atoms with Gasteiger partial charge in [-0.3, -0.25) is 0 Å². The molecule has 2 heteroatoms. The Kier molecular flexibility index (Phi) is 5.24. The van der Waals surface area contributed by atoms with Gasteiger partial charge in [0.1, 0.15) is 0 Å². The molecule has 43 heavy (non-hydrogen) atoms. The molecule has 0 aromatic heterocycles. The van der Waals surface area contributed by atoms with Gasteiger partial charge in [-0.2, -0.15) is 0 Å². The first-order chi connectivity index (χ1) is 21.3. The second kappa shape index (κ2) is 9.09. The fraction of sp³-hybridized carbons (Fsp3) is 0.0244. The maximum absolute atomic E-state index is 8.11. The summed E-state index contributed by atoms with van der Waals surface area (Å²) in [6.07, 6.45) is -0.260. The van der Waals surface area contributed by atoms with Crippen molar-refractivity contribution in [2.45, 2.75) is 6.10 Å². The van der Waals surface area contributed by atoms with E-state index < -0.39 is 6.83 Å². The van der Waals surface area contributed by atoms with E-state index in [2.05, 4.69) is 170 Å². The van der Waals surface area contributed by atoms with Gasteiger partial charge in [-0.1, -0.05) is 0 Å². The van der Waals surface area contributed by atoms with Gasteiger partial charge in [0, 0.05) is 0 Å². The molecule has 0 amide bonds. The van der Waals surface area contributed by atoms with E-state index in [1.165, 1.54) is 64.7 Å². The number of benzene rings is 8. The zero-order valence-corrected chi connectivity index (χ0v) is 24.5. The Morgan fingerprint density at radius 3 is 1.53 bits per heavy atom. The van der Waals surface area contributed by atoms with Crippen LogP contribution >= 0.6 is 6.83 Å². The van der Waals surface area contributed by atoms with Gasteiger partial charge in [0.15, 0.2) is 0 Å². The summed E-state index contributed by atoms with van der Waals surface area (Å²) >= 11 is 0. The molecule has 204 valence electrons. The topological polar surface area (TPSA) is 9.23 Å². The van der Waals surface area contributed by atoms with Crippen LogP contribution in [0.25, 0.3) is 32.3 Å². The standard InChI is InChI=1S/C41H29OP/c1-4-17-32(18-5-1)43(33-19-6-2-7-20-33,34-21-8-3-9-22-34)38-25-11-10-23-36(38)41(42-43)37-28-31-16-12-14-29-26-27-30-15-13-24-35(37)40(30)39(29)31/h1-28,41H/t41-/m1/s1. The Morgan fingerprint density at radius 2 is 0.907 bits per heavy atom. The van der Waals surface area contributed by atoms with Crippen LogP contribution in [0.3, 0.4) is 0 Å². The van der Waals surface area contributed by atoms with Crippen LogP contribution < -0.4 is 21.2 Å². The number of hydrogen-bond acceptors (Lipinski definition) is 1. The van der Waals surface area contributed by atoms with Gasteiger partial charge in [-0.05, 0) is 0 Å². The molecule has 1 heterocycles. The minimum atomic E-state index is -3.69. The van der Waals surface area contributed by atoms with Gasteiger partial charge >= 0.3 is 252 Å². The van der Waals surface area contributed by atoms with Crippen molar-refractivity contribution in [3.63, 3.8) is 0 Å². The van der Waals surface area contributed by atoms with Crippen LogP contribution in [-0.2, 0) is 4.52 Å². The van der Waals surface area contributed by atoms with Crippen LogP contribution in [0.4, 0.5) is 0 Å².